The predicted molar refractivity (Wildman–Crippen MR) is 95.6 cm³/mol. The third-order valence-corrected chi connectivity index (χ3v) is 4.96. The van der Waals surface area contributed by atoms with Crippen LogP contribution in [0.15, 0.2) is 0 Å². The van der Waals surface area contributed by atoms with Crippen molar-refractivity contribution in [2.45, 2.75) is 84.5 Å². The Morgan fingerprint density at radius 2 is 1.50 bits per heavy atom. The molecule has 2 atom stereocenters. The summed E-state index contributed by atoms with van der Waals surface area (Å²) < 4.78 is 10.2. The maximum absolute atomic E-state index is 12.1. The Morgan fingerprint density at radius 3 is 2.12 bits per heavy atom. The van der Waals surface area contributed by atoms with E-state index in [-0.39, 0.29) is 23.8 Å². The Balaban J connectivity index is 2.04. The van der Waals surface area contributed by atoms with E-state index in [4.69, 9.17) is 9.47 Å². The van der Waals surface area contributed by atoms with Gasteiger partial charge in [0.2, 0.25) is 0 Å². The first-order chi connectivity index (χ1) is 11.5. The topological polar surface area (TPSA) is 52.6 Å². The zero-order chi connectivity index (χ0) is 17.8. The van der Waals surface area contributed by atoms with Crippen LogP contribution in [0.25, 0.3) is 0 Å². The van der Waals surface area contributed by atoms with Gasteiger partial charge in [-0.1, -0.05) is 58.8 Å². The van der Waals surface area contributed by atoms with Crippen LogP contribution in [-0.4, -0.2) is 25.7 Å². The van der Waals surface area contributed by atoms with Gasteiger partial charge in [0.25, 0.3) is 0 Å². The molecule has 0 bridgehead atoms. The third-order valence-electron chi connectivity index (χ3n) is 4.96. The highest BCUT2D eigenvalue weighted by atomic mass is 16.5. The van der Waals surface area contributed by atoms with Gasteiger partial charge in [-0.3, -0.25) is 9.59 Å². The lowest BCUT2D eigenvalue weighted by Crippen LogP contribution is -2.29. The molecule has 0 aromatic heterocycles. The van der Waals surface area contributed by atoms with Crippen molar-refractivity contribution >= 4 is 11.9 Å². The molecule has 0 amide bonds. The van der Waals surface area contributed by atoms with Crippen LogP contribution in [0.1, 0.15) is 84.5 Å². The van der Waals surface area contributed by atoms with Crippen molar-refractivity contribution in [1.82, 2.24) is 0 Å². The van der Waals surface area contributed by atoms with Gasteiger partial charge in [-0.2, -0.15) is 0 Å². The van der Waals surface area contributed by atoms with E-state index in [0.29, 0.717) is 13.0 Å². The van der Waals surface area contributed by atoms with Crippen LogP contribution in [0.5, 0.6) is 0 Å². The second kappa shape index (κ2) is 12.3. The minimum absolute atomic E-state index is 0.125. The maximum Gasteiger partial charge on any atom is 0.308 e. The number of carbonyl (C=O) groups excluding carboxylic acids is 2. The molecule has 0 aliphatic heterocycles. The highest BCUT2D eigenvalue weighted by Gasteiger charge is 2.32. The van der Waals surface area contributed by atoms with E-state index < -0.39 is 0 Å². The van der Waals surface area contributed by atoms with Crippen LogP contribution in [0.3, 0.4) is 0 Å². The molecule has 1 aliphatic carbocycles. The van der Waals surface area contributed by atoms with Crippen LogP contribution in [0, 0.1) is 17.8 Å². The minimum atomic E-state index is -0.190. The molecule has 24 heavy (non-hydrogen) atoms. The molecule has 0 aromatic carbocycles. The lowest BCUT2D eigenvalue weighted by molar-refractivity contribution is -0.153. The largest absolute Gasteiger partial charge is 0.469 e. The zero-order valence-electron chi connectivity index (χ0n) is 15.9. The summed E-state index contributed by atoms with van der Waals surface area (Å²) in [7, 11) is 1.41. The summed E-state index contributed by atoms with van der Waals surface area (Å²) >= 11 is 0. The molecule has 2 unspecified atom stereocenters. The van der Waals surface area contributed by atoms with Gasteiger partial charge in [0.1, 0.15) is 0 Å². The molecule has 140 valence electrons. The minimum Gasteiger partial charge on any atom is -0.469 e. The van der Waals surface area contributed by atoms with Gasteiger partial charge < -0.3 is 9.47 Å². The van der Waals surface area contributed by atoms with Crippen molar-refractivity contribution in [2.75, 3.05) is 13.7 Å². The Labute approximate surface area is 147 Å². The van der Waals surface area contributed by atoms with Gasteiger partial charge in [-0.25, -0.2) is 0 Å². The van der Waals surface area contributed by atoms with E-state index in [9.17, 15) is 9.59 Å². The van der Waals surface area contributed by atoms with Crippen molar-refractivity contribution in [3.05, 3.63) is 0 Å². The maximum atomic E-state index is 12.1. The van der Waals surface area contributed by atoms with Gasteiger partial charge in [-0.15, -0.1) is 0 Å². The molecule has 1 fully saturated rings. The van der Waals surface area contributed by atoms with E-state index in [2.05, 4.69) is 13.8 Å². The van der Waals surface area contributed by atoms with Gasteiger partial charge >= 0.3 is 11.9 Å². The van der Waals surface area contributed by atoms with Crippen molar-refractivity contribution in [3.63, 3.8) is 0 Å². The number of esters is 2. The fourth-order valence-electron chi connectivity index (χ4n) is 3.44. The van der Waals surface area contributed by atoms with Crippen molar-refractivity contribution < 1.29 is 19.1 Å². The van der Waals surface area contributed by atoms with Crippen LogP contribution in [0.2, 0.25) is 0 Å². The number of methoxy groups -OCH3 is 1. The highest BCUT2D eigenvalue weighted by Crippen LogP contribution is 2.30. The third kappa shape index (κ3) is 8.70. The van der Waals surface area contributed by atoms with Crippen molar-refractivity contribution in [3.8, 4) is 0 Å². The summed E-state index contributed by atoms with van der Waals surface area (Å²) in [5.41, 5.74) is 0. The highest BCUT2D eigenvalue weighted by molar-refractivity contribution is 5.76. The summed E-state index contributed by atoms with van der Waals surface area (Å²) in [6.07, 6.45) is 11.7. The first kappa shape index (κ1) is 21.0. The molecule has 1 aliphatic rings. The smallest absolute Gasteiger partial charge is 0.308 e. The molecule has 0 saturated heterocycles. The standard InChI is InChI=1S/C20H36O4/c1-16(2)11-8-6-4-5-7-9-14-24-20(22)18-13-10-12-17(15-18)19(21)23-3/h16-18H,4-15H2,1-3H3. The fraction of sp³-hybridized carbons (Fsp3) is 0.900. The SMILES string of the molecule is COC(=O)C1CCCC(C(=O)OCCCCCCCCC(C)C)C1. The monoisotopic (exact) mass is 340 g/mol. The Bertz CT molecular complexity index is 365. The number of ether oxygens (including phenoxy) is 2. The van der Waals surface area contributed by atoms with E-state index in [1.807, 2.05) is 0 Å². The zero-order valence-corrected chi connectivity index (χ0v) is 15.9. The summed E-state index contributed by atoms with van der Waals surface area (Å²) in [6, 6.07) is 0. The summed E-state index contributed by atoms with van der Waals surface area (Å²) in [5.74, 6) is 0.236. The number of carbonyl (C=O) groups is 2. The summed E-state index contributed by atoms with van der Waals surface area (Å²) in [6.45, 7) is 5.06. The van der Waals surface area contributed by atoms with Gasteiger partial charge in [0.05, 0.1) is 25.6 Å². The van der Waals surface area contributed by atoms with Crippen LogP contribution in [-0.2, 0) is 19.1 Å². The number of hydrogen-bond donors (Lipinski definition) is 0. The van der Waals surface area contributed by atoms with Crippen molar-refractivity contribution in [2.24, 2.45) is 17.8 Å². The van der Waals surface area contributed by atoms with E-state index in [0.717, 1.165) is 38.0 Å². The van der Waals surface area contributed by atoms with Gasteiger partial charge in [0.15, 0.2) is 0 Å². The van der Waals surface area contributed by atoms with Crippen LogP contribution in [0.4, 0.5) is 0 Å². The molecule has 0 N–H and O–H groups in total. The summed E-state index contributed by atoms with van der Waals surface area (Å²) in [5, 5.41) is 0. The lowest BCUT2D eigenvalue weighted by Gasteiger charge is -2.25. The first-order valence-corrected chi connectivity index (χ1v) is 9.79. The number of hydrogen-bond acceptors (Lipinski definition) is 4. The molecular weight excluding hydrogens is 304 g/mol. The molecule has 0 radical (unpaired) electrons. The first-order valence-electron chi connectivity index (χ1n) is 9.79. The average Bonchev–Trinajstić information content (AvgIpc) is 2.59. The molecule has 0 spiro atoms. The second-order valence-electron chi connectivity index (χ2n) is 7.55. The van der Waals surface area contributed by atoms with Crippen molar-refractivity contribution in [1.29, 1.82) is 0 Å². The Kier molecular flexibility index (Phi) is 10.8. The van der Waals surface area contributed by atoms with E-state index in [1.54, 1.807) is 0 Å². The summed E-state index contributed by atoms with van der Waals surface area (Å²) in [4.78, 5) is 23.7. The van der Waals surface area contributed by atoms with E-state index in [1.165, 1.54) is 39.2 Å². The molecule has 1 saturated carbocycles. The molecule has 1 rings (SSSR count). The molecule has 4 heteroatoms. The number of unbranched alkanes of at least 4 members (excludes halogenated alkanes) is 5. The molecule has 0 heterocycles. The van der Waals surface area contributed by atoms with Crippen LogP contribution >= 0.6 is 0 Å². The van der Waals surface area contributed by atoms with Gasteiger partial charge in [-0.05, 0) is 31.6 Å². The fourth-order valence-corrected chi connectivity index (χ4v) is 3.44. The predicted octanol–water partition coefficient (Wildman–Crippen LogP) is 4.90. The molecule has 4 nitrogen and oxygen atoms in total. The quantitative estimate of drug-likeness (QED) is 0.397. The molecule has 0 aromatic rings. The second-order valence-corrected chi connectivity index (χ2v) is 7.55. The number of rotatable bonds is 11. The van der Waals surface area contributed by atoms with Gasteiger partial charge in [0, 0.05) is 0 Å². The Morgan fingerprint density at radius 1 is 0.917 bits per heavy atom. The average molecular weight is 341 g/mol. The van der Waals surface area contributed by atoms with E-state index >= 15 is 0 Å². The Hall–Kier alpha value is -1.06. The normalized spacial score (nSPS) is 20.8. The molecular formula is C20H36O4. The van der Waals surface area contributed by atoms with Crippen LogP contribution < -0.4 is 0 Å². The lowest BCUT2D eigenvalue weighted by atomic mass is 9.81.